The van der Waals surface area contributed by atoms with Gasteiger partial charge in [0.05, 0.1) is 5.69 Å². The van der Waals surface area contributed by atoms with E-state index in [0.29, 0.717) is 5.57 Å². The van der Waals surface area contributed by atoms with Gasteiger partial charge in [-0.1, -0.05) is 6.07 Å². The van der Waals surface area contributed by atoms with Gasteiger partial charge in [0, 0.05) is 6.20 Å². The Morgan fingerprint density at radius 1 is 1.24 bits per heavy atom. The Morgan fingerprint density at radius 2 is 2.14 bits per heavy atom. The first kappa shape index (κ1) is 17.1. The molecule has 106 valence electrons. The molecule has 0 atom stereocenters. The average molecular weight is 317 g/mol. The van der Waals surface area contributed by atoms with E-state index in [1.54, 1.807) is 18.3 Å². The number of hydrogen-bond donors (Lipinski definition) is 0. The first-order valence-corrected chi connectivity index (χ1v) is 6.48. The van der Waals surface area contributed by atoms with Crippen molar-refractivity contribution in [1.29, 1.82) is 0 Å². The molecule has 0 N–H and O–H groups in total. The molecule has 0 saturated carbocycles. The van der Waals surface area contributed by atoms with Gasteiger partial charge in [-0.25, -0.2) is 18.2 Å². The molecule has 1 heterocycles. The van der Waals surface area contributed by atoms with Crippen LogP contribution < -0.4 is 0 Å². The zero-order valence-electron chi connectivity index (χ0n) is 11.5. The number of carbonyl (C=O) groups excluding carboxylic acids is 1. The third-order valence-electron chi connectivity index (χ3n) is 2.66. The minimum Gasteiger partial charge on any atom is -0.311 e. The summed E-state index contributed by atoms with van der Waals surface area (Å²) in [4.78, 5) is 15.7. The minimum atomic E-state index is 0. The summed E-state index contributed by atoms with van der Waals surface area (Å²) in [7, 11) is 0. The molecule has 0 aliphatic heterocycles. The third-order valence-corrected chi connectivity index (χ3v) is 2.66. The van der Waals surface area contributed by atoms with Crippen LogP contribution in [0.5, 0.6) is 0 Å². The van der Waals surface area contributed by atoms with E-state index in [1.165, 1.54) is 6.08 Å². The SMILES string of the molecule is O=C(/C=C/c1ccccn1)C1=CC[C-]=C1.[C-]1=CC=CC1.[Fe+2]. The molecule has 1 aromatic heterocycles. The van der Waals surface area contributed by atoms with Gasteiger partial charge in [0.1, 0.15) is 5.78 Å². The second-order valence-electron chi connectivity index (χ2n) is 4.17. The molecule has 0 bridgehead atoms. The second kappa shape index (κ2) is 9.87. The van der Waals surface area contributed by atoms with Crippen LogP contribution in [0.4, 0.5) is 0 Å². The Labute approximate surface area is 136 Å². The normalized spacial score (nSPS) is 14.6. The monoisotopic (exact) mass is 317 g/mol. The molecule has 2 aliphatic rings. The largest absolute Gasteiger partial charge is 2.00 e. The fourth-order valence-corrected chi connectivity index (χ4v) is 1.64. The van der Waals surface area contributed by atoms with Gasteiger partial charge in [0.2, 0.25) is 0 Å². The van der Waals surface area contributed by atoms with Crippen molar-refractivity contribution >= 4 is 11.9 Å². The summed E-state index contributed by atoms with van der Waals surface area (Å²) in [5.74, 6) is 0.00523. The molecule has 1 aromatic rings. The van der Waals surface area contributed by atoms with E-state index >= 15 is 0 Å². The maximum Gasteiger partial charge on any atom is 2.00 e. The molecule has 3 rings (SSSR count). The quantitative estimate of drug-likeness (QED) is 0.484. The predicted molar refractivity (Wildman–Crippen MR) is 80.4 cm³/mol. The van der Waals surface area contributed by atoms with Crippen LogP contribution in [0.1, 0.15) is 18.5 Å². The van der Waals surface area contributed by atoms with Crippen molar-refractivity contribution in [2.45, 2.75) is 12.8 Å². The summed E-state index contributed by atoms with van der Waals surface area (Å²) in [6, 6.07) is 5.59. The van der Waals surface area contributed by atoms with Crippen molar-refractivity contribution in [3.05, 3.63) is 84.3 Å². The molecule has 0 aromatic carbocycles. The topological polar surface area (TPSA) is 30.0 Å². The molecule has 2 aliphatic carbocycles. The van der Waals surface area contributed by atoms with Gasteiger partial charge < -0.3 is 4.79 Å². The summed E-state index contributed by atoms with van der Waals surface area (Å²) >= 11 is 0. The number of carbonyl (C=O) groups is 1. The van der Waals surface area contributed by atoms with Crippen LogP contribution in [0.3, 0.4) is 0 Å². The minimum absolute atomic E-state index is 0. The van der Waals surface area contributed by atoms with E-state index in [1.807, 2.05) is 36.4 Å². The summed E-state index contributed by atoms with van der Waals surface area (Å²) < 4.78 is 0. The standard InChI is InChI=1S/C13H10NO.C5H5.Fe/c15-13(11-5-1-2-6-11)9-8-12-7-3-4-10-14-12;1-2-4-5-3-1;/h3-10H,1H2;1-3H,4H2;/q2*-1;+2/b9-8+;;. The molecule has 21 heavy (non-hydrogen) atoms. The van der Waals surface area contributed by atoms with Crippen molar-refractivity contribution in [2.75, 3.05) is 0 Å². The summed E-state index contributed by atoms with van der Waals surface area (Å²) in [5, 5.41) is 0. The molecule has 0 spiro atoms. The Balaban J connectivity index is 0.000000313. The first-order chi connectivity index (χ1) is 9.86. The molecule has 0 fully saturated rings. The number of allylic oxidation sites excluding steroid dienone is 9. The molecular weight excluding hydrogens is 302 g/mol. The Morgan fingerprint density at radius 3 is 2.67 bits per heavy atom. The smallest absolute Gasteiger partial charge is 0.311 e. The summed E-state index contributed by atoms with van der Waals surface area (Å²) in [6.45, 7) is 0. The van der Waals surface area contributed by atoms with E-state index in [4.69, 9.17) is 0 Å². The average Bonchev–Trinajstić information content (AvgIpc) is 3.20. The van der Waals surface area contributed by atoms with E-state index < -0.39 is 0 Å². The molecule has 0 amide bonds. The second-order valence-corrected chi connectivity index (χ2v) is 4.17. The molecule has 0 radical (unpaired) electrons. The van der Waals surface area contributed by atoms with Gasteiger partial charge in [0.25, 0.3) is 0 Å². The van der Waals surface area contributed by atoms with Gasteiger partial charge in [-0.2, -0.15) is 12.2 Å². The van der Waals surface area contributed by atoms with Crippen LogP contribution in [-0.2, 0) is 21.9 Å². The van der Waals surface area contributed by atoms with Crippen LogP contribution in [0.15, 0.2) is 66.4 Å². The van der Waals surface area contributed by atoms with Crippen molar-refractivity contribution in [3.63, 3.8) is 0 Å². The molecule has 0 unspecified atom stereocenters. The van der Waals surface area contributed by atoms with E-state index in [0.717, 1.165) is 18.5 Å². The number of nitrogens with zero attached hydrogens (tertiary/aromatic N) is 1. The van der Waals surface area contributed by atoms with Crippen LogP contribution in [0.2, 0.25) is 0 Å². The van der Waals surface area contributed by atoms with E-state index in [-0.39, 0.29) is 22.9 Å². The molecule has 3 heteroatoms. The van der Waals surface area contributed by atoms with Gasteiger partial charge in [-0.05, 0) is 24.3 Å². The third kappa shape index (κ3) is 6.35. The Bertz CT molecular complexity index is 585. The fourth-order valence-electron chi connectivity index (χ4n) is 1.64. The van der Waals surface area contributed by atoms with Gasteiger partial charge >= 0.3 is 17.1 Å². The van der Waals surface area contributed by atoms with Crippen molar-refractivity contribution in [3.8, 4) is 0 Å². The molecular formula is C18H15FeNO. The van der Waals surface area contributed by atoms with Gasteiger partial charge in [-0.15, -0.1) is 18.4 Å². The van der Waals surface area contributed by atoms with Gasteiger partial charge in [0.15, 0.2) is 0 Å². The van der Waals surface area contributed by atoms with Crippen LogP contribution in [-0.4, -0.2) is 10.8 Å². The van der Waals surface area contributed by atoms with Crippen molar-refractivity contribution in [2.24, 2.45) is 0 Å². The summed E-state index contributed by atoms with van der Waals surface area (Å²) in [5.41, 5.74) is 1.50. The van der Waals surface area contributed by atoms with E-state index in [9.17, 15) is 4.79 Å². The Kier molecular flexibility index (Phi) is 8.03. The summed E-state index contributed by atoms with van der Waals surface area (Å²) in [6.07, 6.45) is 22.2. The molecule has 0 saturated heterocycles. The fraction of sp³-hybridized carbons (Fsp3) is 0.111. The number of ketones is 1. The zero-order chi connectivity index (χ0) is 14.0. The number of hydrogen-bond acceptors (Lipinski definition) is 2. The van der Waals surface area contributed by atoms with E-state index in [2.05, 4.69) is 23.2 Å². The number of aromatic nitrogens is 1. The maximum atomic E-state index is 11.6. The molecule has 2 nitrogen and oxygen atoms in total. The number of pyridine rings is 1. The maximum absolute atomic E-state index is 11.6. The first-order valence-electron chi connectivity index (χ1n) is 6.48. The number of rotatable bonds is 3. The van der Waals surface area contributed by atoms with Gasteiger partial charge in [-0.3, -0.25) is 17.1 Å². The van der Waals surface area contributed by atoms with Crippen molar-refractivity contribution in [1.82, 2.24) is 4.98 Å². The Hall–Kier alpha value is -1.96. The van der Waals surface area contributed by atoms with Crippen molar-refractivity contribution < 1.29 is 21.9 Å². The van der Waals surface area contributed by atoms with Crippen LogP contribution in [0, 0.1) is 12.2 Å². The zero-order valence-corrected chi connectivity index (χ0v) is 12.6. The van der Waals surface area contributed by atoms with Crippen LogP contribution >= 0.6 is 0 Å². The van der Waals surface area contributed by atoms with Crippen LogP contribution in [0.25, 0.3) is 6.08 Å². The predicted octanol–water partition coefficient (Wildman–Crippen LogP) is 3.66.